The second-order valence-electron chi connectivity index (χ2n) is 8.07. The van der Waals surface area contributed by atoms with Gasteiger partial charge in [-0.15, -0.1) is 0 Å². The first kappa shape index (κ1) is 18.5. The number of benzene rings is 3. The summed E-state index contributed by atoms with van der Waals surface area (Å²) in [6.07, 6.45) is 2.61. The van der Waals surface area contributed by atoms with Crippen LogP contribution in [0.5, 0.6) is 0 Å². The van der Waals surface area contributed by atoms with Crippen LogP contribution in [0.3, 0.4) is 0 Å². The summed E-state index contributed by atoms with van der Waals surface area (Å²) in [4.78, 5) is 14.7. The van der Waals surface area contributed by atoms with Gasteiger partial charge in [0.15, 0.2) is 5.78 Å². The third kappa shape index (κ3) is 3.03. The van der Waals surface area contributed by atoms with Gasteiger partial charge in [0, 0.05) is 23.1 Å². The number of fused-ring (bicyclic) bond motifs is 2. The van der Waals surface area contributed by atoms with Crippen molar-refractivity contribution in [2.45, 2.75) is 45.4 Å². The van der Waals surface area contributed by atoms with Gasteiger partial charge in [0.2, 0.25) is 0 Å². The average molecular weight is 370 g/mol. The van der Waals surface area contributed by atoms with E-state index in [1.165, 1.54) is 22.5 Å². The number of hydrogen-bond acceptors (Lipinski definition) is 2. The normalized spacial score (nSPS) is 14.3. The summed E-state index contributed by atoms with van der Waals surface area (Å²) >= 11 is 0. The van der Waals surface area contributed by atoms with Crippen LogP contribution in [-0.2, 0) is 5.41 Å². The van der Waals surface area contributed by atoms with Gasteiger partial charge in [0.1, 0.15) is 0 Å². The molecule has 0 amide bonds. The molecule has 0 atom stereocenters. The van der Waals surface area contributed by atoms with Crippen molar-refractivity contribution in [1.29, 1.82) is 0 Å². The third-order valence-electron chi connectivity index (χ3n) is 5.84. The van der Waals surface area contributed by atoms with Crippen molar-refractivity contribution in [3.05, 3.63) is 89.5 Å². The molecular formula is C26H27NO. The Morgan fingerprint density at radius 3 is 1.89 bits per heavy atom. The molecule has 0 bridgehead atoms. The maximum atomic E-state index is 12.4. The number of para-hydroxylation sites is 2. The number of anilines is 3. The van der Waals surface area contributed by atoms with Crippen molar-refractivity contribution in [3.63, 3.8) is 0 Å². The van der Waals surface area contributed by atoms with Crippen molar-refractivity contribution in [2.75, 3.05) is 4.90 Å². The molecule has 1 heterocycles. The number of carbonyl (C=O) groups is 1. The van der Waals surface area contributed by atoms with E-state index < -0.39 is 0 Å². The lowest BCUT2D eigenvalue weighted by atomic mass is 9.73. The minimum atomic E-state index is -0.0558. The summed E-state index contributed by atoms with van der Waals surface area (Å²) in [7, 11) is 0. The molecule has 0 N–H and O–H groups in total. The van der Waals surface area contributed by atoms with E-state index in [2.05, 4.69) is 86.3 Å². The third-order valence-corrected chi connectivity index (χ3v) is 5.84. The fraction of sp³-hybridized carbons (Fsp3) is 0.269. The fourth-order valence-corrected chi connectivity index (χ4v) is 4.23. The number of nitrogens with zero attached hydrogens (tertiary/aromatic N) is 1. The highest BCUT2D eigenvalue weighted by molar-refractivity contribution is 5.97. The Balaban J connectivity index is 1.79. The number of unbranched alkanes of at least 4 members (excludes halogenated alkanes) is 1. The molecule has 0 spiro atoms. The fourth-order valence-electron chi connectivity index (χ4n) is 4.23. The predicted molar refractivity (Wildman–Crippen MR) is 117 cm³/mol. The summed E-state index contributed by atoms with van der Waals surface area (Å²) in [6.45, 7) is 6.69. The lowest BCUT2D eigenvalue weighted by molar-refractivity contribution is 0.0980. The highest BCUT2D eigenvalue weighted by Crippen LogP contribution is 2.51. The first-order chi connectivity index (χ1) is 13.5. The van der Waals surface area contributed by atoms with Crippen LogP contribution in [0.1, 0.15) is 61.5 Å². The second-order valence-corrected chi connectivity index (χ2v) is 8.07. The zero-order valence-electron chi connectivity index (χ0n) is 16.9. The molecule has 0 saturated heterocycles. The van der Waals surface area contributed by atoms with Gasteiger partial charge in [0.05, 0.1) is 11.4 Å². The molecule has 0 fully saturated rings. The van der Waals surface area contributed by atoms with E-state index in [-0.39, 0.29) is 11.2 Å². The molecule has 28 heavy (non-hydrogen) atoms. The maximum Gasteiger partial charge on any atom is 0.162 e. The van der Waals surface area contributed by atoms with Gasteiger partial charge in [0.25, 0.3) is 0 Å². The smallest absolute Gasteiger partial charge is 0.162 e. The Kier molecular flexibility index (Phi) is 4.80. The lowest BCUT2D eigenvalue weighted by Gasteiger charge is -2.42. The molecule has 3 aromatic carbocycles. The van der Waals surface area contributed by atoms with Crippen molar-refractivity contribution in [2.24, 2.45) is 0 Å². The van der Waals surface area contributed by atoms with Crippen LogP contribution in [0, 0.1) is 0 Å². The summed E-state index contributed by atoms with van der Waals surface area (Å²) in [5.74, 6) is 0.231. The molecule has 2 heteroatoms. The van der Waals surface area contributed by atoms with Crippen LogP contribution in [-0.4, -0.2) is 5.78 Å². The first-order valence-electron chi connectivity index (χ1n) is 10.2. The van der Waals surface area contributed by atoms with Gasteiger partial charge in [-0.05, 0) is 53.9 Å². The molecule has 0 aromatic heterocycles. The van der Waals surface area contributed by atoms with Crippen LogP contribution in [0.25, 0.3) is 0 Å². The average Bonchev–Trinajstić information content (AvgIpc) is 2.73. The van der Waals surface area contributed by atoms with Gasteiger partial charge >= 0.3 is 0 Å². The Hall–Kier alpha value is -2.87. The summed E-state index contributed by atoms with van der Waals surface area (Å²) in [6, 6.07) is 25.3. The molecule has 2 nitrogen and oxygen atoms in total. The van der Waals surface area contributed by atoms with E-state index in [0.29, 0.717) is 6.42 Å². The monoisotopic (exact) mass is 369 g/mol. The minimum Gasteiger partial charge on any atom is -0.310 e. The van der Waals surface area contributed by atoms with Crippen molar-refractivity contribution >= 4 is 22.8 Å². The van der Waals surface area contributed by atoms with Gasteiger partial charge in [-0.3, -0.25) is 4.79 Å². The van der Waals surface area contributed by atoms with E-state index in [0.717, 1.165) is 24.1 Å². The highest BCUT2D eigenvalue weighted by Gasteiger charge is 2.36. The number of hydrogen-bond donors (Lipinski definition) is 0. The quantitative estimate of drug-likeness (QED) is 0.444. The van der Waals surface area contributed by atoms with Crippen LogP contribution >= 0.6 is 0 Å². The topological polar surface area (TPSA) is 20.3 Å². The molecular weight excluding hydrogens is 342 g/mol. The largest absolute Gasteiger partial charge is 0.310 e. The molecule has 1 aliphatic rings. The van der Waals surface area contributed by atoms with Gasteiger partial charge in [-0.2, -0.15) is 0 Å². The molecule has 0 radical (unpaired) electrons. The Labute approximate surface area is 167 Å². The maximum absolute atomic E-state index is 12.4. The zero-order valence-corrected chi connectivity index (χ0v) is 16.9. The number of ketones is 1. The summed E-state index contributed by atoms with van der Waals surface area (Å²) in [5, 5.41) is 0. The SMILES string of the molecule is CCCCC(=O)c1ccc(N2c3ccccc3C(C)(C)c3ccccc32)cc1. The van der Waals surface area contributed by atoms with Gasteiger partial charge in [-0.25, -0.2) is 0 Å². The zero-order chi connectivity index (χ0) is 19.7. The second kappa shape index (κ2) is 7.27. The van der Waals surface area contributed by atoms with E-state index >= 15 is 0 Å². The predicted octanol–water partition coefficient (Wildman–Crippen LogP) is 7.17. The molecule has 3 aromatic rings. The molecule has 0 aliphatic carbocycles. The van der Waals surface area contributed by atoms with Crippen LogP contribution in [0.2, 0.25) is 0 Å². The summed E-state index contributed by atoms with van der Waals surface area (Å²) < 4.78 is 0. The minimum absolute atomic E-state index is 0.0558. The van der Waals surface area contributed by atoms with E-state index in [4.69, 9.17) is 0 Å². The van der Waals surface area contributed by atoms with Crippen LogP contribution in [0.4, 0.5) is 17.1 Å². The lowest BCUT2D eigenvalue weighted by Crippen LogP contribution is -2.30. The van der Waals surface area contributed by atoms with E-state index in [9.17, 15) is 4.79 Å². The Bertz CT molecular complexity index is 951. The Morgan fingerprint density at radius 2 is 1.36 bits per heavy atom. The van der Waals surface area contributed by atoms with Gasteiger partial charge in [-0.1, -0.05) is 63.6 Å². The van der Waals surface area contributed by atoms with Crippen molar-refractivity contribution in [1.82, 2.24) is 0 Å². The van der Waals surface area contributed by atoms with Gasteiger partial charge < -0.3 is 4.90 Å². The van der Waals surface area contributed by atoms with E-state index in [1.807, 2.05) is 12.1 Å². The molecule has 1 aliphatic heterocycles. The molecule has 0 saturated carbocycles. The number of Topliss-reactive ketones (excluding diaryl/α,β-unsaturated/α-hetero) is 1. The van der Waals surface area contributed by atoms with E-state index in [1.54, 1.807) is 0 Å². The van der Waals surface area contributed by atoms with Crippen LogP contribution < -0.4 is 4.90 Å². The number of carbonyl (C=O) groups excluding carboxylic acids is 1. The molecule has 4 rings (SSSR count). The number of rotatable bonds is 5. The van der Waals surface area contributed by atoms with Crippen molar-refractivity contribution < 1.29 is 4.79 Å². The standard InChI is InChI=1S/C26H27NO/c1-4-5-14-25(28)19-15-17-20(18-16-19)27-23-12-8-6-10-21(23)26(2,3)22-11-7-9-13-24(22)27/h6-13,15-18H,4-5,14H2,1-3H3. The molecule has 0 unspecified atom stereocenters. The molecule has 142 valence electrons. The van der Waals surface area contributed by atoms with Crippen LogP contribution in [0.15, 0.2) is 72.8 Å². The highest BCUT2D eigenvalue weighted by atomic mass is 16.1. The first-order valence-corrected chi connectivity index (χ1v) is 10.2. The summed E-state index contributed by atoms with van der Waals surface area (Å²) in [5.41, 5.74) is 6.87. The Morgan fingerprint density at radius 1 is 0.821 bits per heavy atom. The van der Waals surface area contributed by atoms with Crippen molar-refractivity contribution in [3.8, 4) is 0 Å².